The zero-order valence-corrected chi connectivity index (χ0v) is 11.0. The second-order valence-electron chi connectivity index (χ2n) is 4.87. The first-order valence-electron chi connectivity index (χ1n) is 6.55. The minimum absolute atomic E-state index is 0.0426. The van der Waals surface area contributed by atoms with Crippen molar-refractivity contribution < 1.29 is 19.4 Å². The molecule has 0 aromatic heterocycles. The standard InChI is InChI=1S/C15H18O4/c1-19-13-6-3-5-12-11(13)9-8-10(15(12)18)4-2-7-14(16)17/h3,5-6,10H,2,4,7-9H2,1H3,(H,16,17). The molecule has 0 bridgehead atoms. The number of benzene rings is 1. The van der Waals surface area contributed by atoms with Gasteiger partial charge in [-0.1, -0.05) is 12.1 Å². The number of carbonyl (C=O) groups is 2. The third kappa shape index (κ3) is 2.95. The van der Waals surface area contributed by atoms with Crippen molar-refractivity contribution in [1.29, 1.82) is 0 Å². The minimum atomic E-state index is -0.801. The van der Waals surface area contributed by atoms with Crippen molar-refractivity contribution in [2.45, 2.75) is 32.1 Å². The van der Waals surface area contributed by atoms with E-state index in [9.17, 15) is 9.59 Å². The molecule has 19 heavy (non-hydrogen) atoms. The summed E-state index contributed by atoms with van der Waals surface area (Å²) in [5, 5.41) is 8.63. The van der Waals surface area contributed by atoms with E-state index in [1.807, 2.05) is 18.2 Å². The number of carboxylic acid groups (broad SMARTS) is 1. The molecule has 4 nitrogen and oxygen atoms in total. The van der Waals surface area contributed by atoms with Crippen LogP contribution in [-0.2, 0) is 11.2 Å². The number of methoxy groups -OCH3 is 1. The van der Waals surface area contributed by atoms with Gasteiger partial charge in [0.05, 0.1) is 7.11 Å². The molecule has 1 atom stereocenters. The Morgan fingerprint density at radius 1 is 1.47 bits per heavy atom. The average Bonchev–Trinajstić information content (AvgIpc) is 2.40. The van der Waals surface area contributed by atoms with Crippen molar-refractivity contribution in [1.82, 2.24) is 0 Å². The topological polar surface area (TPSA) is 63.6 Å². The van der Waals surface area contributed by atoms with E-state index in [2.05, 4.69) is 0 Å². The lowest BCUT2D eigenvalue weighted by molar-refractivity contribution is -0.137. The van der Waals surface area contributed by atoms with Gasteiger partial charge in [0, 0.05) is 23.5 Å². The van der Waals surface area contributed by atoms with Crippen molar-refractivity contribution in [3.05, 3.63) is 29.3 Å². The molecule has 1 aliphatic carbocycles. The first-order valence-corrected chi connectivity index (χ1v) is 6.55. The molecule has 1 aromatic rings. The second kappa shape index (κ2) is 5.87. The van der Waals surface area contributed by atoms with E-state index in [-0.39, 0.29) is 18.1 Å². The third-order valence-corrected chi connectivity index (χ3v) is 3.68. The molecule has 2 rings (SSSR count). The molecule has 1 aliphatic rings. The highest BCUT2D eigenvalue weighted by molar-refractivity contribution is 6.00. The second-order valence-corrected chi connectivity index (χ2v) is 4.87. The first-order chi connectivity index (χ1) is 9.13. The molecule has 0 saturated heterocycles. The van der Waals surface area contributed by atoms with E-state index in [0.717, 1.165) is 29.7 Å². The number of Topliss-reactive ketones (excluding diaryl/α,β-unsaturated/α-hetero) is 1. The Morgan fingerprint density at radius 2 is 2.26 bits per heavy atom. The van der Waals surface area contributed by atoms with E-state index in [4.69, 9.17) is 9.84 Å². The maximum atomic E-state index is 12.4. The number of rotatable bonds is 5. The maximum Gasteiger partial charge on any atom is 0.303 e. The highest BCUT2D eigenvalue weighted by atomic mass is 16.5. The van der Waals surface area contributed by atoms with Gasteiger partial charge in [0.1, 0.15) is 5.75 Å². The lowest BCUT2D eigenvalue weighted by Crippen LogP contribution is -2.23. The van der Waals surface area contributed by atoms with Crippen LogP contribution < -0.4 is 4.74 Å². The molecule has 1 aromatic carbocycles. The smallest absolute Gasteiger partial charge is 0.303 e. The van der Waals surface area contributed by atoms with Crippen LogP contribution in [0.5, 0.6) is 5.75 Å². The molecule has 102 valence electrons. The van der Waals surface area contributed by atoms with Gasteiger partial charge in [-0.15, -0.1) is 0 Å². The van der Waals surface area contributed by atoms with Crippen LogP contribution in [0.1, 0.15) is 41.6 Å². The fraction of sp³-hybridized carbons (Fsp3) is 0.467. The Balaban J connectivity index is 2.09. The van der Waals surface area contributed by atoms with Gasteiger partial charge in [-0.3, -0.25) is 9.59 Å². The lowest BCUT2D eigenvalue weighted by atomic mass is 9.80. The lowest BCUT2D eigenvalue weighted by Gasteiger charge is -2.24. The SMILES string of the molecule is COc1cccc2c1CCC(CCCC(=O)O)C2=O. The fourth-order valence-electron chi connectivity index (χ4n) is 2.69. The van der Waals surface area contributed by atoms with Crippen molar-refractivity contribution in [2.24, 2.45) is 5.92 Å². The highest BCUT2D eigenvalue weighted by Gasteiger charge is 2.28. The van der Waals surface area contributed by atoms with Gasteiger partial charge < -0.3 is 9.84 Å². The number of hydrogen-bond acceptors (Lipinski definition) is 3. The number of hydrogen-bond donors (Lipinski definition) is 1. The Kier molecular flexibility index (Phi) is 4.20. The molecule has 0 spiro atoms. The van der Waals surface area contributed by atoms with Crippen LogP contribution in [0.3, 0.4) is 0 Å². The molecular formula is C15H18O4. The number of carbonyl (C=O) groups excluding carboxylic acids is 1. The molecule has 0 fully saturated rings. The summed E-state index contributed by atoms with van der Waals surface area (Å²) in [6.45, 7) is 0. The normalized spacial score (nSPS) is 17.9. The van der Waals surface area contributed by atoms with Crippen molar-refractivity contribution >= 4 is 11.8 Å². The van der Waals surface area contributed by atoms with Crippen molar-refractivity contribution in [3.63, 3.8) is 0 Å². The fourth-order valence-corrected chi connectivity index (χ4v) is 2.69. The summed E-state index contributed by atoms with van der Waals surface area (Å²) in [5.41, 5.74) is 1.73. The van der Waals surface area contributed by atoms with Crippen LogP contribution >= 0.6 is 0 Å². The van der Waals surface area contributed by atoms with Crippen LogP contribution in [0.25, 0.3) is 0 Å². The average molecular weight is 262 g/mol. The molecule has 0 radical (unpaired) electrons. The van der Waals surface area contributed by atoms with Gasteiger partial charge in [0.15, 0.2) is 5.78 Å². The van der Waals surface area contributed by atoms with Gasteiger partial charge >= 0.3 is 5.97 Å². The van der Waals surface area contributed by atoms with Crippen molar-refractivity contribution in [3.8, 4) is 5.75 Å². The Bertz CT molecular complexity index is 493. The zero-order valence-electron chi connectivity index (χ0n) is 11.0. The molecule has 0 heterocycles. The molecular weight excluding hydrogens is 244 g/mol. The molecule has 0 saturated carbocycles. The summed E-state index contributed by atoms with van der Waals surface area (Å²) in [4.78, 5) is 22.9. The summed E-state index contributed by atoms with van der Waals surface area (Å²) in [5.74, 6) is 0.0599. The number of aliphatic carboxylic acids is 1. The largest absolute Gasteiger partial charge is 0.496 e. The molecule has 1 unspecified atom stereocenters. The van der Waals surface area contributed by atoms with Gasteiger partial charge in [-0.25, -0.2) is 0 Å². The van der Waals surface area contributed by atoms with Crippen LogP contribution in [-0.4, -0.2) is 24.0 Å². The van der Waals surface area contributed by atoms with E-state index in [1.54, 1.807) is 7.11 Å². The van der Waals surface area contributed by atoms with Gasteiger partial charge in [0.2, 0.25) is 0 Å². The van der Waals surface area contributed by atoms with Gasteiger partial charge in [0.25, 0.3) is 0 Å². The summed E-state index contributed by atoms with van der Waals surface area (Å²) in [6.07, 6.45) is 2.95. The Hall–Kier alpha value is -1.84. The summed E-state index contributed by atoms with van der Waals surface area (Å²) >= 11 is 0. The minimum Gasteiger partial charge on any atom is -0.496 e. The van der Waals surface area contributed by atoms with Gasteiger partial charge in [-0.2, -0.15) is 0 Å². The Labute approximate surface area is 112 Å². The summed E-state index contributed by atoms with van der Waals surface area (Å²) in [7, 11) is 1.61. The van der Waals surface area contributed by atoms with Crippen LogP contribution in [0.2, 0.25) is 0 Å². The quantitative estimate of drug-likeness (QED) is 0.886. The monoisotopic (exact) mass is 262 g/mol. The van der Waals surface area contributed by atoms with Crippen LogP contribution in [0, 0.1) is 5.92 Å². The molecule has 1 N–H and O–H groups in total. The summed E-state index contributed by atoms with van der Waals surface area (Å²) in [6, 6.07) is 5.54. The van der Waals surface area contributed by atoms with E-state index in [0.29, 0.717) is 12.8 Å². The number of carboxylic acids is 1. The van der Waals surface area contributed by atoms with E-state index < -0.39 is 5.97 Å². The predicted molar refractivity (Wildman–Crippen MR) is 70.6 cm³/mol. The molecule has 0 amide bonds. The predicted octanol–water partition coefficient (Wildman–Crippen LogP) is 2.70. The summed E-state index contributed by atoms with van der Waals surface area (Å²) < 4.78 is 5.28. The van der Waals surface area contributed by atoms with Crippen molar-refractivity contribution in [2.75, 3.05) is 7.11 Å². The highest BCUT2D eigenvalue weighted by Crippen LogP contribution is 2.33. The van der Waals surface area contributed by atoms with Crippen LogP contribution in [0.4, 0.5) is 0 Å². The number of ketones is 1. The zero-order chi connectivity index (χ0) is 13.8. The molecule has 0 aliphatic heterocycles. The van der Waals surface area contributed by atoms with Gasteiger partial charge in [-0.05, 0) is 31.7 Å². The van der Waals surface area contributed by atoms with E-state index in [1.165, 1.54) is 0 Å². The first kappa shape index (κ1) is 13.6. The number of ether oxygens (including phenoxy) is 1. The maximum absolute atomic E-state index is 12.4. The Morgan fingerprint density at radius 3 is 2.95 bits per heavy atom. The third-order valence-electron chi connectivity index (χ3n) is 3.68. The number of fused-ring (bicyclic) bond motifs is 1. The molecule has 4 heteroatoms. The van der Waals surface area contributed by atoms with E-state index >= 15 is 0 Å². The van der Waals surface area contributed by atoms with Crippen LogP contribution in [0.15, 0.2) is 18.2 Å².